The zero-order chi connectivity index (χ0) is 21.7. The molecule has 0 amide bonds. The molecule has 1 aliphatic heterocycles. The van der Waals surface area contributed by atoms with E-state index in [0.29, 0.717) is 13.2 Å². The first kappa shape index (κ1) is 22.3. The van der Waals surface area contributed by atoms with Gasteiger partial charge in [0.05, 0.1) is 18.0 Å². The van der Waals surface area contributed by atoms with E-state index in [4.69, 9.17) is 4.74 Å². The second-order valence-corrected chi connectivity index (χ2v) is 9.65. The Kier molecular flexibility index (Phi) is 7.12. The number of nitrogens with zero attached hydrogens (tertiary/aromatic N) is 3. The molecule has 30 heavy (non-hydrogen) atoms. The fourth-order valence-corrected chi connectivity index (χ4v) is 4.38. The van der Waals surface area contributed by atoms with E-state index in [2.05, 4.69) is 34.3 Å². The minimum atomic E-state index is -3.42. The number of sulfonamides is 1. The number of benzene rings is 2. The normalized spacial score (nSPS) is 18.0. The van der Waals surface area contributed by atoms with Crippen LogP contribution < -0.4 is 5.32 Å². The van der Waals surface area contributed by atoms with E-state index in [1.807, 2.05) is 24.3 Å². The summed E-state index contributed by atoms with van der Waals surface area (Å²) in [6.07, 6.45) is 0.00836. The van der Waals surface area contributed by atoms with E-state index in [1.54, 1.807) is 19.2 Å². The summed E-state index contributed by atoms with van der Waals surface area (Å²) in [6, 6.07) is 15.2. The zero-order valence-corrected chi connectivity index (χ0v) is 18.8. The Hall–Kier alpha value is -2.42. The highest BCUT2D eigenvalue weighted by molar-refractivity contribution is 7.89. The Balaban J connectivity index is 1.64. The lowest BCUT2D eigenvalue weighted by molar-refractivity contribution is -0.00833. The van der Waals surface area contributed by atoms with Gasteiger partial charge in [-0.2, -0.15) is 0 Å². The number of guanidine groups is 1. The molecule has 8 heteroatoms. The highest BCUT2D eigenvalue weighted by Crippen LogP contribution is 2.25. The summed E-state index contributed by atoms with van der Waals surface area (Å²) >= 11 is 0. The van der Waals surface area contributed by atoms with Crippen molar-refractivity contribution in [2.45, 2.75) is 24.5 Å². The molecule has 0 aromatic heterocycles. The van der Waals surface area contributed by atoms with Crippen LogP contribution in [0.2, 0.25) is 0 Å². The molecule has 0 aliphatic carbocycles. The molecule has 1 heterocycles. The van der Waals surface area contributed by atoms with Gasteiger partial charge in [-0.15, -0.1) is 0 Å². The van der Waals surface area contributed by atoms with E-state index in [9.17, 15) is 8.42 Å². The molecule has 1 aliphatic rings. The molecule has 7 nitrogen and oxygen atoms in total. The average Bonchev–Trinajstić information content (AvgIpc) is 2.75. The van der Waals surface area contributed by atoms with Gasteiger partial charge in [0.2, 0.25) is 10.0 Å². The second-order valence-electron chi connectivity index (χ2n) is 7.49. The SMILES string of the molecule is CN=C(NCc1ccc(S(=O)(=O)N(C)C)cc1)N1CCOC(c2ccccc2C)C1. The van der Waals surface area contributed by atoms with Crippen molar-refractivity contribution >= 4 is 16.0 Å². The van der Waals surface area contributed by atoms with Crippen molar-refractivity contribution in [3.63, 3.8) is 0 Å². The van der Waals surface area contributed by atoms with Crippen LogP contribution >= 0.6 is 0 Å². The zero-order valence-electron chi connectivity index (χ0n) is 18.0. The smallest absolute Gasteiger partial charge is 0.242 e. The largest absolute Gasteiger partial charge is 0.370 e. The lowest BCUT2D eigenvalue weighted by atomic mass is 10.0. The first-order valence-corrected chi connectivity index (χ1v) is 11.4. The van der Waals surface area contributed by atoms with Crippen LogP contribution in [0.3, 0.4) is 0 Å². The highest BCUT2D eigenvalue weighted by Gasteiger charge is 2.25. The van der Waals surface area contributed by atoms with E-state index in [1.165, 1.54) is 29.5 Å². The van der Waals surface area contributed by atoms with Crippen molar-refractivity contribution in [2.24, 2.45) is 4.99 Å². The number of aliphatic imine (C=N–C) groups is 1. The molecule has 3 rings (SSSR count). The van der Waals surface area contributed by atoms with E-state index < -0.39 is 10.0 Å². The third kappa shape index (κ3) is 5.00. The van der Waals surface area contributed by atoms with Gasteiger partial charge in [-0.3, -0.25) is 4.99 Å². The maximum Gasteiger partial charge on any atom is 0.242 e. The number of nitrogens with one attached hydrogen (secondary N) is 1. The third-order valence-corrected chi connectivity index (χ3v) is 7.10. The predicted octanol–water partition coefficient (Wildman–Crippen LogP) is 2.39. The molecule has 0 spiro atoms. The second kappa shape index (κ2) is 9.59. The number of morpholine rings is 1. The number of hydrogen-bond donors (Lipinski definition) is 1. The van der Waals surface area contributed by atoms with Gasteiger partial charge in [-0.05, 0) is 35.7 Å². The first-order chi connectivity index (χ1) is 14.3. The number of hydrogen-bond acceptors (Lipinski definition) is 4. The quantitative estimate of drug-likeness (QED) is 0.582. The molecule has 1 unspecified atom stereocenters. The topological polar surface area (TPSA) is 74.2 Å². The molecular formula is C22H30N4O3S. The average molecular weight is 431 g/mol. The number of ether oxygens (including phenoxy) is 1. The molecule has 1 fully saturated rings. The van der Waals surface area contributed by atoms with Crippen LogP contribution in [-0.4, -0.2) is 64.4 Å². The summed E-state index contributed by atoms with van der Waals surface area (Å²) in [5, 5.41) is 3.38. The van der Waals surface area contributed by atoms with Crippen molar-refractivity contribution in [2.75, 3.05) is 40.8 Å². The molecule has 0 bridgehead atoms. The van der Waals surface area contributed by atoms with Crippen LogP contribution in [0.25, 0.3) is 0 Å². The van der Waals surface area contributed by atoms with Gasteiger partial charge < -0.3 is 15.0 Å². The summed E-state index contributed by atoms with van der Waals surface area (Å²) in [5.74, 6) is 0.807. The molecule has 0 radical (unpaired) electrons. The monoisotopic (exact) mass is 430 g/mol. The Labute approximate surface area is 179 Å². The molecular weight excluding hydrogens is 400 g/mol. The summed E-state index contributed by atoms with van der Waals surface area (Å²) in [4.78, 5) is 6.92. The molecule has 1 N–H and O–H groups in total. The van der Waals surface area contributed by atoms with Gasteiger partial charge in [0.1, 0.15) is 6.10 Å². The predicted molar refractivity (Wildman–Crippen MR) is 119 cm³/mol. The van der Waals surface area contributed by atoms with Gasteiger partial charge in [0.25, 0.3) is 0 Å². The highest BCUT2D eigenvalue weighted by atomic mass is 32.2. The van der Waals surface area contributed by atoms with E-state index in [0.717, 1.165) is 24.6 Å². The minimum Gasteiger partial charge on any atom is -0.370 e. The Morgan fingerprint density at radius 3 is 2.53 bits per heavy atom. The maximum atomic E-state index is 12.2. The molecule has 1 atom stereocenters. The molecule has 1 saturated heterocycles. The van der Waals surface area contributed by atoms with Crippen LogP contribution in [0.4, 0.5) is 0 Å². The molecule has 2 aromatic rings. The Morgan fingerprint density at radius 1 is 1.20 bits per heavy atom. The van der Waals surface area contributed by atoms with Gasteiger partial charge in [-0.25, -0.2) is 12.7 Å². The summed E-state index contributed by atoms with van der Waals surface area (Å²) in [5.41, 5.74) is 3.41. The Morgan fingerprint density at radius 2 is 1.90 bits per heavy atom. The van der Waals surface area contributed by atoms with Gasteiger partial charge in [-0.1, -0.05) is 36.4 Å². The van der Waals surface area contributed by atoms with Crippen LogP contribution in [0, 0.1) is 6.92 Å². The molecule has 162 valence electrons. The fourth-order valence-electron chi connectivity index (χ4n) is 3.48. The number of aryl methyl sites for hydroxylation is 1. The van der Waals surface area contributed by atoms with Crippen LogP contribution in [0.1, 0.15) is 22.8 Å². The van der Waals surface area contributed by atoms with Crippen molar-refractivity contribution in [1.29, 1.82) is 0 Å². The van der Waals surface area contributed by atoms with E-state index >= 15 is 0 Å². The summed E-state index contributed by atoms with van der Waals surface area (Å²) in [7, 11) is 1.41. The van der Waals surface area contributed by atoms with Crippen molar-refractivity contribution in [1.82, 2.24) is 14.5 Å². The lowest BCUT2D eigenvalue weighted by Crippen LogP contribution is -2.48. The van der Waals surface area contributed by atoms with Crippen molar-refractivity contribution in [3.05, 3.63) is 65.2 Å². The molecule has 0 saturated carbocycles. The standard InChI is InChI=1S/C22H30N4O3S/c1-17-7-5-6-8-20(17)21-16-26(13-14-29-21)22(23-2)24-15-18-9-11-19(12-10-18)30(27,28)25(3)4/h5-12,21H,13-16H2,1-4H3,(H,23,24). The third-order valence-electron chi connectivity index (χ3n) is 5.27. The lowest BCUT2D eigenvalue weighted by Gasteiger charge is -2.35. The number of rotatable bonds is 5. The van der Waals surface area contributed by atoms with Crippen molar-refractivity contribution in [3.8, 4) is 0 Å². The maximum absolute atomic E-state index is 12.2. The molecule has 2 aromatic carbocycles. The first-order valence-electron chi connectivity index (χ1n) is 9.97. The van der Waals surface area contributed by atoms with E-state index in [-0.39, 0.29) is 11.0 Å². The summed E-state index contributed by atoms with van der Waals surface area (Å²) < 4.78 is 31.6. The van der Waals surface area contributed by atoms with Gasteiger partial charge in [0.15, 0.2) is 5.96 Å². The van der Waals surface area contributed by atoms with Crippen LogP contribution in [0.5, 0.6) is 0 Å². The van der Waals surface area contributed by atoms with Crippen LogP contribution in [-0.2, 0) is 21.3 Å². The van der Waals surface area contributed by atoms with Gasteiger partial charge in [0, 0.05) is 34.2 Å². The summed E-state index contributed by atoms with van der Waals surface area (Å²) in [6.45, 7) is 4.79. The van der Waals surface area contributed by atoms with Crippen molar-refractivity contribution < 1.29 is 13.2 Å². The Bertz CT molecular complexity index is 988. The minimum absolute atomic E-state index is 0.00836. The van der Waals surface area contributed by atoms with Gasteiger partial charge >= 0.3 is 0 Å². The fraction of sp³-hybridized carbons (Fsp3) is 0.409. The van der Waals surface area contributed by atoms with Crippen LogP contribution in [0.15, 0.2) is 58.4 Å².